The summed E-state index contributed by atoms with van der Waals surface area (Å²) in [5, 5.41) is 14.0. The van der Waals surface area contributed by atoms with Crippen LogP contribution in [0.3, 0.4) is 0 Å². The second-order valence-corrected chi connectivity index (χ2v) is 6.57. The Kier molecular flexibility index (Phi) is 5.34. The molecule has 1 atom stereocenters. The second kappa shape index (κ2) is 7.71. The molecule has 0 bridgehead atoms. The van der Waals surface area contributed by atoms with Gasteiger partial charge in [0.1, 0.15) is 24.7 Å². The number of hydrogen-bond donors (Lipinski definition) is 1. The zero-order chi connectivity index (χ0) is 20.4. The number of amides is 1. The summed E-state index contributed by atoms with van der Waals surface area (Å²) in [6.45, 7) is 2.63. The molecular weight excluding hydrogens is 369 g/mol. The molecule has 0 saturated carbocycles. The van der Waals surface area contributed by atoms with Gasteiger partial charge in [-0.1, -0.05) is 6.07 Å². The molecule has 0 aromatic heterocycles. The molecule has 0 radical (unpaired) electrons. The highest BCUT2D eigenvalue weighted by Crippen LogP contribution is 2.33. The van der Waals surface area contributed by atoms with Crippen LogP contribution in [0.2, 0.25) is 0 Å². The van der Waals surface area contributed by atoms with Crippen molar-refractivity contribution >= 4 is 17.3 Å². The van der Waals surface area contributed by atoms with Crippen LogP contribution in [0.1, 0.15) is 28.9 Å². The van der Waals surface area contributed by atoms with Gasteiger partial charge in [-0.25, -0.2) is 4.39 Å². The third kappa shape index (κ3) is 3.83. The van der Waals surface area contributed by atoms with E-state index >= 15 is 0 Å². The summed E-state index contributed by atoms with van der Waals surface area (Å²) in [5.41, 5.74) is 0.0848. The number of ether oxygens (including phenoxy) is 2. The number of carbonyl (C=O) groups excluding carboxylic acids is 1. The summed E-state index contributed by atoms with van der Waals surface area (Å²) in [6, 6.07) is 6.72. The van der Waals surface area contributed by atoms with Gasteiger partial charge in [-0.15, -0.1) is 0 Å². The lowest BCUT2D eigenvalue weighted by Crippen LogP contribution is -2.28. The highest BCUT2D eigenvalue weighted by atomic mass is 19.1. The van der Waals surface area contributed by atoms with Gasteiger partial charge >= 0.3 is 0 Å². The van der Waals surface area contributed by atoms with E-state index in [2.05, 4.69) is 5.32 Å². The number of nitro benzene ring substituents is 1. The molecule has 1 unspecified atom stereocenters. The Hall–Kier alpha value is -3.36. The third-order valence-corrected chi connectivity index (χ3v) is 4.40. The van der Waals surface area contributed by atoms with Crippen LogP contribution in [0.15, 0.2) is 30.3 Å². The summed E-state index contributed by atoms with van der Waals surface area (Å²) < 4.78 is 25.4. The van der Waals surface area contributed by atoms with Crippen molar-refractivity contribution in [2.75, 3.05) is 32.2 Å². The fourth-order valence-corrected chi connectivity index (χ4v) is 2.92. The van der Waals surface area contributed by atoms with Gasteiger partial charge in [0.15, 0.2) is 11.5 Å². The van der Waals surface area contributed by atoms with Crippen LogP contribution < -0.4 is 19.7 Å². The van der Waals surface area contributed by atoms with Crippen LogP contribution >= 0.6 is 0 Å². The van der Waals surface area contributed by atoms with Crippen LogP contribution in [0, 0.1) is 15.9 Å². The maximum atomic E-state index is 14.4. The highest BCUT2D eigenvalue weighted by Gasteiger charge is 2.24. The number of benzene rings is 2. The zero-order valence-corrected chi connectivity index (χ0v) is 15.7. The summed E-state index contributed by atoms with van der Waals surface area (Å²) in [6.07, 6.45) is 0. The van der Waals surface area contributed by atoms with Crippen molar-refractivity contribution in [3.8, 4) is 11.5 Å². The zero-order valence-electron chi connectivity index (χ0n) is 15.7. The van der Waals surface area contributed by atoms with Gasteiger partial charge in [-0.2, -0.15) is 0 Å². The third-order valence-electron chi connectivity index (χ3n) is 4.40. The topological polar surface area (TPSA) is 93.9 Å². The first kappa shape index (κ1) is 19.4. The van der Waals surface area contributed by atoms with Gasteiger partial charge in [0.2, 0.25) is 0 Å². The van der Waals surface area contributed by atoms with Crippen molar-refractivity contribution in [3.05, 3.63) is 57.4 Å². The molecule has 148 valence electrons. The van der Waals surface area contributed by atoms with Crippen molar-refractivity contribution in [3.63, 3.8) is 0 Å². The average molecular weight is 389 g/mol. The fraction of sp³-hybridized carbons (Fsp3) is 0.316. The first-order chi connectivity index (χ1) is 13.3. The molecule has 1 aliphatic heterocycles. The highest BCUT2D eigenvalue weighted by molar-refractivity contribution is 5.96. The minimum absolute atomic E-state index is 0.0823. The number of nitro groups is 1. The van der Waals surface area contributed by atoms with E-state index in [1.54, 1.807) is 39.2 Å². The van der Waals surface area contributed by atoms with E-state index in [1.807, 2.05) is 0 Å². The predicted octanol–water partition coefficient (Wildman–Crippen LogP) is 3.06. The molecule has 2 aromatic carbocycles. The van der Waals surface area contributed by atoms with Crippen LogP contribution in [0.25, 0.3) is 0 Å². The Morgan fingerprint density at radius 1 is 1.21 bits per heavy atom. The molecule has 8 nitrogen and oxygen atoms in total. The number of anilines is 1. The number of nitrogens with one attached hydrogen (secondary N) is 1. The van der Waals surface area contributed by atoms with Crippen molar-refractivity contribution in [2.45, 2.75) is 13.0 Å². The molecule has 1 N–H and O–H groups in total. The van der Waals surface area contributed by atoms with Crippen molar-refractivity contribution in [1.29, 1.82) is 0 Å². The summed E-state index contributed by atoms with van der Waals surface area (Å²) in [5.74, 6) is -0.383. The molecule has 9 heteroatoms. The maximum Gasteiger partial charge on any atom is 0.293 e. The normalized spacial score (nSPS) is 13.6. The molecule has 1 amide bonds. The Morgan fingerprint density at radius 2 is 1.89 bits per heavy atom. The molecule has 1 heterocycles. The molecule has 0 fully saturated rings. The van der Waals surface area contributed by atoms with Crippen LogP contribution in [-0.4, -0.2) is 38.1 Å². The first-order valence-electron chi connectivity index (χ1n) is 8.63. The van der Waals surface area contributed by atoms with Gasteiger partial charge in [-0.3, -0.25) is 14.9 Å². The molecule has 28 heavy (non-hydrogen) atoms. The van der Waals surface area contributed by atoms with E-state index in [4.69, 9.17) is 9.47 Å². The Bertz CT molecular complexity index is 932. The van der Waals surface area contributed by atoms with E-state index in [1.165, 1.54) is 4.90 Å². The lowest BCUT2D eigenvalue weighted by atomic mass is 10.1. The summed E-state index contributed by atoms with van der Waals surface area (Å²) in [7, 11) is 3.12. The molecule has 1 aliphatic rings. The van der Waals surface area contributed by atoms with Crippen LogP contribution in [-0.2, 0) is 0 Å². The summed E-state index contributed by atoms with van der Waals surface area (Å²) in [4.78, 5) is 24.6. The number of halogens is 1. The van der Waals surface area contributed by atoms with E-state index in [0.717, 1.165) is 17.7 Å². The van der Waals surface area contributed by atoms with Gasteiger partial charge in [-0.05, 0) is 24.6 Å². The largest absolute Gasteiger partial charge is 0.486 e. The Balaban J connectivity index is 1.84. The van der Waals surface area contributed by atoms with Gasteiger partial charge < -0.3 is 19.7 Å². The van der Waals surface area contributed by atoms with Gasteiger partial charge in [0, 0.05) is 26.2 Å². The molecule has 0 aliphatic carbocycles. The molecular formula is C19H20FN3O5. The number of nitrogens with zero attached hydrogens (tertiary/aromatic N) is 2. The fourth-order valence-electron chi connectivity index (χ4n) is 2.92. The van der Waals surface area contributed by atoms with Crippen LogP contribution in [0.4, 0.5) is 15.8 Å². The number of hydrogen-bond acceptors (Lipinski definition) is 6. The van der Waals surface area contributed by atoms with E-state index in [0.29, 0.717) is 24.7 Å². The SMILES string of the molecule is CC(NC(=O)c1cc([N+](=O)[O-])c(N(C)C)cc1F)c1ccc2c(c1)OCCO2. The Labute approximate surface area is 161 Å². The van der Waals surface area contributed by atoms with Crippen molar-refractivity contribution in [1.82, 2.24) is 5.32 Å². The van der Waals surface area contributed by atoms with E-state index in [-0.39, 0.29) is 16.9 Å². The van der Waals surface area contributed by atoms with Crippen LogP contribution in [0.5, 0.6) is 11.5 Å². The summed E-state index contributed by atoms with van der Waals surface area (Å²) >= 11 is 0. The predicted molar refractivity (Wildman–Crippen MR) is 101 cm³/mol. The minimum Gasteiger partial charge on any atom is -0.486 e. The number of fused-ring (bicyclic) bond motifs is 1. The lowest BCUT2D eigenvalue weighted by molar-refractivity contribution is -0.384. The smallest absolute Gasteiger partial charge is 0.293 e. The van der Waals surface area contributed by atoms with Crippen molar-refractivity contribution in [2.24, 2.45) is 0 Å². The lowest BCUT2D eigenvalue weighted by Gasteiger charge is -2.21. The monoisotopic (exact) mass is 389 g/mol. The second-order valence-electron chi connectivity index (χ2n) is 6.57. The first-order valence-corrected chi connectivity index (χ1v) is 8.63. The molecule has 2 aromatic rings. The minimum atomic E-state index is -0.832. The van der Waals surface area contributed by atoms with E-state index < -0.39 is 22.7 Å². The van der Waals surface area contributed by atoms with Crippen molar-refractivity contribution < 1.29 is 23.6 Å². The van der Waals surface area contributed by atoms with Gasteiger partial charge in [0.25, 0.3) is 11.6 Å². The average Bonchev–Trinajstić information content (AvgIpc) is 2.66. The van der Waals surface area contributed by atoms with E-state index in [9.17, 15) is 19.3 Å². The number of carbonyl (C=O) groups is 1. The quantitative estimate of drug-likeness (QED) is 0.624. The van der Waals surface area contributed by atoms with Gasteiger partial charge in [0.05, 0.1) is 16.5 Å². The maximum absolute atomic E-state index is 14.4. The number of rotatable bonds is 5. The standard InChI is InChI=1S/C19H20FN3O5/c1-11(12-4-5-17-18(8-12)28-7-6-27-17)21-19(24)13-9-16(23(25)26)15(22(2)3)10-14(13)20/h4-5,8-11H,6-7H2,1-3H3,(H,21,24). The Morgan fingerprint density at radius 3 is 2.54 bits per heavy atom. The molecule has 0 spiro atoms. The molecule has 0 saturated heterocycles. The molecule has 3 rings (SSSR count).